The van der Waals surface area contributed by atoms with Gasteiger partial charge in [0.05, 0.1) is 12.3 Å². The Morgan fingerprint density at radius 2 is 1.56 bits per heavy atom. The Kier molecular flexibility index (Phi) is 11.6. The highest BCUT2D eigenvalue weighted by molar-refractivity contribution is 7.90. The molecule has 7 nitrogen and oxygen atoms in total. The topological polar surface area (TPSA) is 102 Å². The lowest BCUT2D eigenvalue weighted by molar-refractivity contribution is -0.119. The summed E-state index contributed by atoms with van der Waals surface area (Å²) in [7, 11) is -4.12. The number of anilines is 1. The maximum Gasteiger partial charge on any atom is 0.266 e. The minimum Gasteiger partial charge on any atom is -0.494 e. The molecular formula is C26H36N2O5S. The molecule has 34 heavy (non-hydrogen) atoms. The summed E-state index contributed by atoms with van der Waals surface area (Å²) < 4.78 is 33.4. The van der Waals surface area contributed by atoms with E-state index in [1.165, 1.54) is 31.4 Å². The first-order valence-electron chi connectivity index (χ1n) is 12.1. The fraction of sp³-hybridized carbons (Fsp3) is 0.462. The molecule has 0 atom stereocenters. The highest BCUT2D eigenvalue weighted by Crippen LogP contribution is 2.22. The quantitative estimate of drug-likeness (QED) is 0.314. The summed E-state index contributed by atoms with van der Waals surface area (Å²) in [5.41, 5.74) is 0.447. The van der Waals surface area contributed by atoms with Gasteiger partial charge in [0, 0.05) is 12.0 Å². The number of ether oxygens (including phenoxy) is 1. The lowest BCUT2D eigenvalue weighted by Gasteiger charge is -2.13. The van der Waals surface area contributed by atoms with Crippen LogP contribution in [0.2, 0.25) is 0 Å². The van der Waals surface area contributed by atoms with Gasteiger partial charge in [-0.3, -0.25) is 9.59 Å². The number of hydrogen-bond donors (Lipinski definition) is 2. The highest BCUT2D eigenvalue weighted by atomic mass is 32.2. The summed E-state index contributed by atoms with van der Waals surface area (Å²) in [5.74, 6) is -0.442. The van der Waals surface area contributed by atoms with Crippen LogP contribution in [0.25, 0.3) is 0 Å². The molecule has 0 aliphatic carbocycles. The number of para-hydroxylation sites is 1. The van der Waals surface area contributed by atoms with Gasteiger partial charge < -0.3 is 10.1 Å². The molecule has 2 N–H and O–H groups in total. The van der Waals surface area contributed by atoms with Crippen LogP contribution in [-0.2, 0) is 14.8 Å². The van der Waals surface area contributed by atoms with E-state index >= 15 is 0 Å². The summed E-state index contributed by atoms with van der Waals surface area (Å²) in [5, 5.41) is 2.65. The Morgan fingerprint density at radius 3 is 2.32 bits per heavy atom. The number of benzene rings is 2. The van der Waals surface area contributed by atoms with Gasteiger partial charge in [-0.25, -0.2) is 13.1 Å². The minimum absolute atomic E-state index is 0.101. The minimum atomic E-state index is -4.12. The molecule has 0 saturated heterocycles. The van der Waals surface area contributed by atoms with Gasteiger partial charge in [-0.05, 0) is 43.2 Å². The Balaban J connectivity index is 2.03. The molecule has 0 aromatic heterocycles. The molecular weight excluding hydrogens is 452 g/mol. The van der Waals surface area contributed by atoms with Gasteiger partial charge in [0.2, 0.25) is 5.91 Å². The van der Waals surface area contributed by atoms with Crippen LogP contribution in [0.15, 0.2) is 53.4 Å². The van der Waals surface area contributed by atoms with Crippen molar-refractivity contribution in [2.45, 2.75) is 76.5 Å². The first-order chi connectivity index (χ1) is 16.4. The molecule has 0 unspecified atom stereocenters. The zero-order chi connectivity index (χ0) is 24.8. The second-order valence-electron chi connectivity index (χ2n) is 8.23. The van der Waals surface area contributed by atoms with Crippen LogP contribution < -0.4 is 14.8 Å². The second-order valence-corrected chi connectivity index (χ2v) is 9.88. The Morgan fingerprint density at radius 1 is 0.853 bits per heavy atom. The van der Waals surface area contributed by atoms with Gasteiger partial charge in [0.15, 0.2) is 0 Å². The first kappa shape index (κ1) is 27.4. The fourth-order valence-corrected chi connectivity index (χ4v) is 4.59. The van der Waals surface area contributed by atoms with E-state index in [1.54, 1.807) is 36.4 Å². The number of unbranched alkanes of at least 4 members (excludes halogenated alkanes) is 6. The number of amides is 2. The molecule has 2 amide bonds. The molecule has 0 aliphatic rings. The zero-order valence-corrected chi connectivity index (χ0v) is 21.0. The molecule has 0 aliphatic heterocycles. The van der Waals surface area contributed by atoms with Gasteiger partial charge >= 0.3 is 0 Å². The Labute approximate surface area is 203 Å². The van der Waals surface area contributed by atoms with Crippen molar-refractivity contribution in [2.75, 3.05) is 11.9 Å². The maximum atomic E-state index is 12.8. The van der Waals surface area contributed by atoms with Crippen LogP contribution in [-0.4, -0.2) is 26.8 Å². The van der Waals surface area contributed by atoms with Crippen LogP contribution in [0.5, 0.6) is 5.75 Å². The van der Waals surface area contributed by atoms with Gasteiger partial charge in [0.25, 0.3) is 15.9 Å². The summed E-state index contributed by atoms with van der Waals surface area (Å²) in [6.45, 7) is 4.75. The Bertz CT molecular complexity index is 1040. The van der Waals surface area contributed by atoms with E-state index in [9.17, 15) is 18.0 Å². The molecule has 2 rings (SSSR count). The monoisotopic (exact) mass is 488 g/mol. The number of carbonyl (C=O) groups is 2. The van der Waals surface area contributed by atoms with Crippen LogP contribution >= 0.6 is 0 Å². The van der Waals surface area contributed by atoms with Gasteiger partial charge in [0.1, 0.15) is 10.6 Å². The largest absolute Gasteiger partial charge is 0.494 e. The number of sulfonamides is 1. The third kappa shape index (κ3) is 9.17. The molecule has 186 valence electrons. The predicted molar refractivity (Wildman–Crippen MR) is 135 cm³/mol. The van der Waals surface area contributed by atoms with Crippen molar-refractivity contribution in [1.82, 2.24) is 4.72 Å². The van der Waals surface area contributed by atoms with Crippen molar-refractivity contribution in [3.05, 3.63) is 54.1 Å². The lowest BCUT2D eigenvalue weighted by atomic mass is 10.1. The second kappa shape index (κ2) is 14.4. The third-order valence-corrected chi connectivity index (χ3v) is 6.72. The molecule has 0 spiro atoms. The molecule has 8 heteroatoms. The molecule has 0 fully saturated rings. The van der Waals surface area contributed by atoms with Gasteiger partial charge in [-0.15, -0.1) is 0 Å². The normalized spacial score (nSPS) is 11.1. The highest BCUT2D eigenvalue weighted by Gasteiger charge is 2.22. The number of rotatable bonds is 15. The van der Waals surface area contributed by atoms with Gasteiger partial charge in [-0.2, -0.15) is 0 Å². The van der Waals surface area contributed by atoms with E-state index in [2.05, 4.69) is 17.0 Å². The SMILES string of the molecule is CCCCCCCOc1cccc(C(=O)Nc2ccccc2S(=O)(=O)NC(=O)CCCCC)c1. The summed E-state index contributed by atoms with van der Waals surface area (Å²) in [6, 6.07) is 12.8. The van der Waals surface area contributed by atoms with E-state index in [0.29, 0.717) is 24.3 Å². The average Bonchev–Trinajstić information content (AvgIpc) is 2.81. The number of carbonyl (C=O) groups excluding carboxylic acids is 2. The number of hydrogen-bond acceptors (Lipinski definition) is 5. The van der Waals surface area contributed by atoms with Crippen molar-refractivity contribution in [3.8, 4) is 5.75 Å². The van der Waals surface area contributed by atoms with Crippen LogP contribution in [0.3, 0.4) is 0 Å². The Hall–Kier alpha value is -2.87. The molecule has 0 saturated carbocycles. The molecule has 0 heterocycles. The fourth-order valence-electron chi connectivity index (χ4n) is 3.41. The lowest BCUT2D eigenvalue weighted by Crippen LogP contribution is -2.31. The third-order valence-electron chi connectivity index (χ3n) is 5.29. The molecule has 0 radical (unpaired) electrons. The predicted octanol–water partition coefficient (Wildman–Crippen LogP) is 5.67. The number of nitrogens with one attached hydrogen (secondary N) is 2. The summed E-state index contributed by atoms with van der Waals surface area (Å²) >= 11 is 0. The van der Waals surface area contributed by atoms with Crippen molar-refractivity contribution in [3.63, 3.8) is 0 Å². The smallest absolute Gasteiger partial charge is 0.266 e. The van der Waals surface area contributed by atoms with Gasteiger partial charge in [-0.1, -0.05) is 70.6 Å². The molecule has 2 aromatic carbocycles. The zero-order valence-electron chi connectivity index (χ0n) is 20.1. The maximum absolute atomic E-state index is 12.8. The van der Waals surface area contributed by atoms with E-state index in [1.807, 2.05) is 6.92 Å². The van der Waals surface area contributed by atoms with Crippen LogP contribution in [0.4, 0.5) is 5.69 Å². The van der Waals surface area contributed by atoms with E-state index in [0.717, 1.165) is 25.7 Å². The van der Waals surface area contributed by atoms with Crippen molar-refractivity contribution in [1.29, 1.82) is 0 Å². The van der Waals surface area contributed by atoms with Crippen molar-refractivity contribution in [2.24, 2.45) is 0 Å². The van der Waals surface area contributed by atoms with E-state index in [-0.39, 0.29) is 17.0 Å². The standard InChI is InChI=1S/C26H36N2O5S/c1-3-5-7-8-12-19-33-22-15-13-14-21(20-22)26(30)27-23-16-10-11-17-24(23)34(31,32)28-25(29)18-9-6-4-2/h10-11,13-17,20H,3-9,12,18-19H2,1-2H3,(H,27,30)(H,28,29). The molecule has 2 aromatic rings. The summed E-state index contributed by atoms with van der Waals surface area (Å²) in [6.07, 6.45) is 8.18. The van der Waals surface area contributed by atoms with Crippen molar-refractivity contribution < 1.29 is 22.7 Å². The van der Waals surface area contributed by atoms with E-state index < -0.39 is 21.8 Å². The van der Waals surface area contributed by atoms with Crippen LogP contribution in [0.1, 0.15) is 82.0 Å². The average molecular weight is 489 g/mol. The first-order valence-corrected chi connectivity index (χ1v) is 13.5. The summed E-state index contributed by atoms with van der Waals surface area (Å²) in [4.78, 5) is 24.7. The molecule has 0 bridgehead atoms. The van der Waals surface area contributed by atoms with Crippen LogP contribution in [0, 0.1) is 0 Å². The van der Waals surface area contributed by atoms with E-state index in [4.69, 9.17) is 4.74 Å². The van der Waals surface area contributed by atoms with Crippen molar-refractivity contribution >= 4 is 27.5 Å².